The van der Waals surface area contributed by atoms with Gasteiger partial charge in [-0.05, 0) is 42.0 Å². The van der Waals surface area contributed by atoms with Crippen LogP contribution in [0.4, 0.5) is 0 Å². The second-order valence-electron chi connectivity index (χ2n) is 3.77. The van der Waals surface area contributed by atoms with Gasteiger partial charge in [-0.1, -0.05) is 24.3 Å². The van der Waals surface area contributed by atoms with Gasteiger partial charge in [-0.25, -0.2) is 0 Å². The molecule has 78 valence electrons. The van der Waals surface area contributed by atoms with Crippen molar-refractivity contribution >= 4 is 11.3 Å². The maximum Gasteiger partial charge on any atom is 0.0272 e. The Bertz CT molecular complexity index is 457. The molecule has 1 nitrogen and oxygen atoms in total. The van der Waals surface area contributed by atoms with Crippen LogP contribution in [-0.2, 0) is 0 Å². The van der Waals surface area contributed by atoms with Crippen molar-refractivity contribution in [2.45, 2.75) is 19.9 Å². The van der Waals surface area contributed by atoms with Crippen LogP contribution in [0.15, 0.2) is 35.7 Å². The van der Waals surface area contributed by atoms with Gasteiger partial charge in [-0.2, -0.15) is 0 Å². The monoisotopic (exact) mass is 217 g/mol. The number of hydrogen-bond acceptors (Lipinski definition) is 2. The van der Waals surface area contributed by atoms with Crippen LogP contribution in [-0.4, -0.2) is 0 Å². The minimum absolute atomic E-state index is 0.0838. The highest BCUT2D eigenvalue weighted by atomic mass is 32.1. The second kappa shape index (κ2) is 4.17. The van der Waals surface area contributed by atoms with Crippen LogP contribution in [0.3, 0.4) is 0 Å². The fourth-order valence-electron chi connectivity index (χ4n) is 1.80. The van der Waals surface area contributed by atoms with Gasteiger partial charge in [-0.15, -0.1) is 11.3 Å². The van der Waals surface area contributed by atoms with Crippen LogP contribution in [0.2, 0.25) is 0 Å². The molecule has 1 aromatic heterocycles. The second-order valence-corrected chi connectivity index (χ2v) is 4.89. The Morgan fingerprint density at radius 3 is 2.47 bits per heavy atom. The molecule has 1 heterocycles. The molecule has 0 radical (unpaired) electrons. The molecule has 0 fully saturated rings. The molecule has 0 aliphatic carbocycles. The summed E-state index contributed by atoms with van der Waals surface area (Å²) in [5.74, 6) is 0. The molecule has 1 aromatic carbocycles. The van der Waals surface area contributed by atoms with Crippen LogP contribution in [0.1, 0.15) is 23.4 Å². The third-order valence-corrected chi connectivity index (χ3v) is 3.45. The van der Waals surface area contributed by atoms with Gasteiger partial charge >= 0.3 is 0 Å². The molecule has 0 bridgehead atoms. The zero-order valence-electron chi connectivity index (χ0n) is 9.03. The van der Waals surface area contributed by atoms with Crippen LogP contribution in [0.5, 0.6) is 0 Å². The predicted molar refractivity (Wildman–Crippen MR) is 67.1 cm³/mol. The van der Waals surface area contributed by atoms with Crippen LogP contribution >= 0.6 is 11.3 Å². The molecule has 0 saturated carbocycles. The maximum absolute atomic E-state index is 5.97. The fraction of sp³-hybridized carbons (Fsp3) is 0.231. The van der Waals surface area contributed by atoms with Crippen LogP contribution in [0.25, 0.3) is 11.1 Å². The average Bonchev–Trinajstić information content (AvgIpc) is 2.64. The van der Waals surface area contributed by atoms with Gasteiger partial charge in [0.2, 0.25) is 0 Å². The molecule has 2 N–H and O–H groups in total. The molecular formula is C13H15NS. The molecule has 0 spiro atoms. The highest BCUT2D eigenvalue weighted by molar-refractivity contribution is 7.10. The topological polar surface area (TPSA) is 26.0 Å². The van der Waals surface area contributed by atoms with E-state index in [9.17, 15) is 0 Å². The Kier molecular flexibility index (Phi) is 2.89. The minimum atomic E-state index is 0.0838. The summed E-state index contributed by atoms with van der Waals surface area (Å²) in [6.45, 7) is 4.18. The third-order valence-electron chi connectivity index (χ3n) is 2.60. The van der Waals surface area contributed by atoms with E-state index in [0.29, 0.717) is 0 Å². The lowest BCUT2D eigenvalue weighted by atomic mass is 9.96. The first-order valence-electron chi connectivity index (χ1n) is 5.09. The van der Waals surface area contributed by atoms with E-state index in [1.807, 2.05) is 13.0 Å². The standard InChI is InChI=1S/C13H15NS/c1-9(14)11-5-3-4-6-13(11)12-7-8-15-10(12)2/h3-9H,14H2,1-2H3. The largest absolute Gasteiger partial charge is 0.324 e. The van der Waals surface area contributed by atoms with Crippen LogP contribution in [0, 0.1) is 6.92 Å². The van der Waals surface area contributed by atoms with Gasteiger partial charge in [0, 0.05) is 10.9 Å². The Labute approximate surface area is 94.6 Å². The van der Waals surface area contributed by atoms with Crippen molar-refractivity contribution in [1.29, 1.82) is 0 Å². The molecule has 0 aliphatic rings. The molecule has 0 saturated heterocycles. The SMILES string of the molecule is Cc1sccc1-c1ccccc1C(C)N. The predicted octanol–water partition coefficient (Wildman–Crippen LogP) is 3.74. The van der Waals surface area contributed by atoms with Crippen molar-refractivity contribution in [3.05, 3.63) is 46.2 Å². The summed E-state index contributed by atoms with van der Waals surface area (Å²) in [5.41, 5.74) is 9.78. The lowest BCUT2D eigenvalue weighted by Crippen LogP contribution is -2.06. The van der Waals surface area contributed by atoms with Gasteiger partial charge in [0.15, 0.2) is 0 Å². The Balaban J connectivity index is 2.58. The van der Waals surface area contributed by atoms with E-state index in [1.54, 1.807) is 11.3 Å². The first-order chi connectivity index (χ1) is 7.20. The lowest BCUT2D eigenvalue weighted by Gasteiger charge is -2.12. The van der Waals surface area contributed by atoms with Crippen molar-refractivity contribution < 1.29 is 0 Å². The van der Waals surface area contributed by atoms with Gasteiger partial charge < -0.3 is 5.73 Å². The maximum atomic E-state index is 5.97. The third kappa shape index (κ3) is 1.96. The van der Waals surface area contributed by atoms with Crippen molar-refractivity contribution in [3.63, 3.8) is 0 Å². The number of hydrogen-bond donors (Lipinski definition) is 1. The Morgan fingerprint density at radius 2 is 1.87 bits per heavy atom. The highest BCUT2D eigenvalue weighted by Gasteiger charge is 2.10. The number of aryl methyl sites for hydroxylation is 1. The van der Waals surface area contributed by atoms with E-state index in [4.69, 9.17) is 5.73 Å². The fourth-order valence-corrected chi connectivity index (χ4v) is 2.52. The van der Waals surface area contributed by atoms with E-state index in [1.165, 1.54) is 21.6 Å². The number of benzene rings is 1. The zero-order chi connectivity index (χ0) is 10.8. The summed E-state index contributed by atoms with van der Waals surface area (Å²) in [7, 11) is 0. The number of nitrogens with two attached hydrogens (primary N) is 1. The lowest BCUT2D eigenvalue weighted by molar-refractivity contribution is 0.820. The highest BCUT2D eigenvalue weighted by Crippen LogP contribution is 2.32. The summed E-state index contributed by atoms with van der Waals surface area (Å²) in [6.07, 6.45) is 0. The zero-order valence-corrected chi connectivity index (χ0v) is 9.84. The molecule has 15 heavy (non-hydrogen) atoms. The van der Waals surface area contributed by atoms with Crippen LogP contribution < -0.4 is 5.73 Å². The summed E-state index contributed by atoms with van der Waals surface area (Å²) in [6, 6.07) is 10.6. The quantitative estimate of drug-likeness (QED) is 0.814. The minimum Gasteiger partial charge on any atom is -0.324 e. The first-order valence-corrected chi connectivity index (χ1v) is 5.97. The van der Waals surface area contributed by atoms with Gasteiger partial charge in [-0.3, -0.25) is 0 Å². The van der Waals surface area contributed by atoms with E-state index in [2.05, 4.69) is 36.6 Å². The summed E-state index contributed by atoms with van der Waals surface area (Å²) in [5, 5.41) is 2.13. The van der Waals surface area contributed by atoms with Gasteiger partial charge in [0.25, 0.3) is 0 Å². The van der Waals surface area contributed by atoms with Crippen molar-refractivity contribution in [1.82, 2.24) is 0 Å². The number of thiophene rings is 1. The van der Waals surface area contributed by atoms with Gasteiger partial charge in [0.05, 0.1) is 0 Å². The van der Waals surface area contributed by atoms with Crippen molar-refractivity contribution in [3.8, 4) is 11.1 Å². The first kappa shape index (κ1) is 10.4. The molecule has 2 aromatic rings. The molecule has 0 amide bonds. The van der Waals surface area contributed by atoms with E-state index >= 15 is 0 Å². The molecule has 2 rings (SSSR count). The molecule has 1 unspecified atom stereocenters. The van der Waals surface area contributed by atoms with Crippen molar-refractivity contribution in [2.75, 3.05) is 0 Å². The normalized spacial score (nSPS) is 12.7. The van der Waals surface area contributed by atoms with E-state index in [-0.39, 0.29) is 6.04 Å². The van der Waals surface area contributed by atoms with Crippen molar-refractivity contribution in [2.24, 2.45) is 5.73 Å². The molecule has 2 heteroatoms. The molecule has 1 atom stereocenters. The Morgan fingerprint density at radius 1 is 1.13 bits per heavy atom. The molecule has 0 aliphatic heterocycles. The average molecular weight is 217 g/mol. The van der Waals surface area contributed by atoms with E-state index in [0.717, 1.165) is 0 Å². The van der Waals surface area contributed by atoms with E-state index < -0.39 is 0 Å². The summed E-state index contributed by atoms with van der Waals surface area (Å²) < 4.78 is 0. The van der Waals surface area contributed by atoms with Gasteiger partial charge in [0.1, 0.15) is 0 Å². The summed E-state index contributed by atoms with van der Waals surface area (Å²) >= 11 is 1.78. The smallest absolute Gasteiger partial charge is 0.0272 e. The number of rotatable bonds is 2. The Hall–Kier alpha value is -1.12. The molecular weight excluding hydrogens is 202 g/mol. The summed E-state index contributed by atoms with van der Waals surface area (Å²) in [4.78, 5) is 1.35.